The Morgan fingerprint density at radius 1 is 0.909 bits per heavy atom. The number of ether oxygens (including phenoxy) is 2. The van der Waals surface area contributed by atoms with Crippen LogP contribution in [0, 0.1) is 0 Å². The van der Waals surface area contributed by atoms with E-state index in [0.717, 1.165) is 12.1 Å². The second-order valence-corrected chi connectivity index (χ2v) is 8.39. The number of carbonyl (C=O) groups is 1. The van der Waals surface area contributed by atoms with Gasteiger partial charge < -0.3 is 14.8 Å². The molecule has 0 fully saturated rings. The molecule has 182 valence electrons. The third-order valence-corrected chi connectivity index (χ3v) is 4.54. The minimum absolute atomic E-state index is 0.382. The van der Waals surface area contributed by atoms with E-state index >= 15 is 0 Å². The van der Waals surface area contributed by atoms with Crippen LogP contribution in [0.15, 0.2) is 48.5 Å². The summed E-state index contributed by atoms with van der Waals surface area (Å²) in [6.45, 7) is 5.73. The van der Waals surface area contributed by atoms with Crippen molar-refractivity contribution < 1.29 is 40.6 Å². The van der Waals surface area contributed by atoms with Crippen LogP contribution in [0.4, 0.5) is 31.1 Å². The number of hydrogen-bond donors (Lipinski definition) is 1. The standard InChI is InChI=1S/C23H25F6NO3/c1-14(19(15-9-6-5-7-10-15)30-20(31)33-21(2,3)4)32-13-16-11-8-12-17(22(24,25)26)18(16)23(27,28)29/h5-12,14,19H,13H2,1-4H3,(H,30,31). The molecule has 1 amide bonds. The molecule has 10 heteroatoms. The van der Waals surface area contributed by atoms with Crippen molar-refractivity contribution in [3.8, 4) is 0 Å². The lowest BCUT2D eigenvalue weighted by Crippen LogP contribution is -2.39. The highest BCUT2D eigenvalue weighted by Crippen LogP contribution is 2.42. The molecule has 33 heavy (non-hydrogen) atoms. The number of halogens is 6. The molecule has 0 radical (unpaired) electrons. The Balaban J connectivity index is 2.30. The number of rotatable bonds is 6. The van der Waals surface area contributed by atoms with Crippen LogP contribution in [0.1, 0.15) is 56.0 Å². The highest BCUT2D eigenvalue weighted by Gasteiger charge is 2.44. The van der Waals surface area contributed by atoms with Crippen molar-refractivity contribution in [1.29, 1.82) is 0 Å². The predicted octanol–water partition coefficient (Wildman–Crippen LogP) is 6.90. The first kappa shape index (κ1) is 26.5. The van der Waals surface area contributed by atoms with Gasteiger partial charge in [0.25, 0.3) is 0 Å². The van der Waals surface area contributed by atoms with E-state index < -0.39 is 59.5 Å². The monoisotopic (exact) mass is 477 g/mol. The van der Waals surface area contributed by atoms with Gasteiger partial charge in [-0.3, -0.25) is 0 Å². The van der Waals surface area contributed by atoms with E-state index in [9.17, 15) is 31.1 Å². The summed E-state index contributed by atoms with van der Waals surface area (Å²) >= 11 is 0. The maximum Gasteiger partial charge on any atom is 0.417 e. The normalized spacial score (nSPS) is 14.5. The van der Waals surface area contributed by atoms with E-state index in [1.165, 1.54) is 6.92 Å². The summed E-state index contributed by atoms with van der Waals surface area (Å²) < 4.78 is 90.8. The van der Waals surface area contributed by atoms with Gasteiger partial charge in [-0.15, -0.1) is 0 Å². The molecule has 0 aliphatic carbocycles. The number of hydrogen-bond acceptors (Lipinski definition) is 3. The maximum absolute atomic E-state index is 13.5. The zero-order valence-corrected chi connectivity index (χ0v) is 18.5. The molecule has 4 nitrogen and oxygen atoms in total. The largest absolute Gasteiger partial charge is 0.444 e. The Morgan fingerprint density at radius 2 is 1.52 bits per heavy atom. The van der Waals surface area contributed by atoms with Crippen molar-refractivity contribution in [2.24, 2.45) is 0 Å². The predicted molar refractivity (Wildman–Crippen MR) is 109 cm³/mol. The lowest BCUT2D eigenvalue weighted by Gasteiger charge is -2.28. The van der Waals surface area contributed by atoms with Gasteiger partial charge in [0.1, 0.15) is 5.60 Å². The Kier molecular flexibility index (Phi) is 8.05. The Labute approximate surface area is 187 Å². The van der Waals surface area contributed by atoms with E-state index in [1.807, 2.05) is 0 Å². The topological polar surface area (TPSA) is 47.6 Å². The van der Waals surface area contributed by atoms with Crippen LogP contribution in [-0.4, -0.2) is 17.8 Å². The molecule has 2 atom stereocenters. The molecule has 2 unspecified atom stereocenters. The van der Waals surface area contributed by atoms with Crippen LogP contribution >= 0.6 is 0 Å². The van der Waals surface area contributed by atoms with Crippen molar-refractivity contribution in [3.05, 3.63) is 70.8 Å². The van der Waals surface area contributed by atoms with E-state index in [1.54, 1.807) is 51.1 Å². The second kappa shape index (κ2) is 10.0. The molecule has 0 bridgehead atoms. The van der Waals surface area contributed by atoms with E-state index in [4.69, 9.17) is 9.47 Å². The van der Waals surface area contributed by atoms with Gasteiger partial charge in [-0.2, -0.15) is 26.3 Å². The van der Waals surface area contributed by atoms with Crippen molar-refractivity contribution in [3.63, 3.8) is 0 Å². The molecule has 0 heterocycles. The zero-order chi connectivity index (χ0) is 25.0. The smallest absolute Gasteiger partial charge is 0.417 e. The number of amides is 1. The van der Waals surface area contributed by atoms with Crippen molar-refractivity contribution in [2.75, 3.05) is 0 Å². The molecule has 0 saturated heterocycles. The summed E-state index contributed by atoms with van der Waals surface area (Å²) in [5.74, 6) is 0. The van der Waals surface area contributed by atoms with Crippen LogP contribution < -0.4 is 5.32 Å². The summed E-state index contributed by atoms with van der Waals surface area (Å²) in [4.78, 5) is 12.3. The molecule has 0 aromatic heterocycles. The number of nitrogens with one attached hydrogen (secondary N) is 1. The SMILES string of the molecule is CC(OCc1cccc(C(F)(F)F)c1C(F)(F)F)C(NC(=O)OC(C)(C)C)c1ccccc1. The van der Waals surface area contributed by atoms with Gasteiger partial charge in [-0.1, -0.05) is 42.5 Å². The minimum atomic E-state index is -5.23. The molecule has 0 aliphatic heterocycles. The number of alkyl halides is 6. The second-order valence-electron chi connectivity index (χ2n) is 8.39. The minimum Gasteiger partial charge on any atom is -0.444 e. The molecule has 0 saturated carbocycles. The van der Waals surface area contributed by atoms with E-state index in [2.05, 4.69) is 5.32 Å². The molecule has 2 rings (SSSR count). The number of alkyl carbamates (subject to hydrolysis) is 1. The molecular formula is C23H25F6NO3. The van der Waals surface area contributed by atoms with Crippen molar-refractivity contribution in [1.82, 2.24) is 5.32 Å². The average molecular weight is 477 g/mol. The van der Waals surface area contributed by atoms with Gasteiger partial charge in [-0.25, -0.2) is 4.79 Å². The van der Waals surface area contributed by atoms with Crippen LogP contribution in [0.2, 0.25) is 0 Å². The number of carbonyl (C=O) groups excluding carboxylic acids is 1. The summed E-state index contributed by atoms with van der Waals surface area (Å²) in [7, 11) is 0. The van der Waals surface area contributed by atoms with Gasteiger partial charge in [0.2, 0.25) is 0 Å². The lowest BCUT2D eigenvalue weighted by molar-refractivity contribution is -0.163. The van der Waals surface area contributed by atoms with E-state index in [-0.39, 0.29) is 0 Å². The summed E-state index contributed by atoms with van der Waals surface area (Å²) in [5, 5.41) is 2.62. The van der Waals surface area contributed by atoms with Crippen LogP contribution in [-0.2, 0) is 28.4 Å². The van der Waals surface area contributed by atoms with Gasteiger partial charge in [-0.05, 0) is 44.9 Å². The third-order valence-electron chi connectivity index (χ3n) is 4.54. The Hall–Kier alpha value is -2.75. The van der Waals surface area contributed by atoms with Gasteiger partial charge in [0.05, 0.1) is 29.9 Å². The van der Waals surface area contributed by atoms with Gasteiger partial charge >= 0.3 is 18.4 Å². The first-order valence-corrected chi connectivity index (χ1v) is 10.0. The molecule has 1 N–H and O–H groups in total. The fourth-order valence-electron chi connectivity index (χ4n) is 3.18. The van der Waals surface area contributed by atoms with Crippen LogP contribution in [0.25, 0.3) is 0 Å². The van der Waals surface area contributed by atoms with Crippen molar-refractivity contribution >= 4 is 6.09 Å². The van der Waals surface area contributed by atoms with Crippen LogP contribution in [0.3, 0.4) is 0 Å². The first-order chi connectivity index (χ1) is 15.1. The van der Waals surface area contributed by atoms with Crippen LogP contribution in [0.5, 0.6) is 0 Å². The fraction of sp³-hybridized carbons (Fsp3) is 0.435. The quantitative estimate of drug-likeness (QED) is 0.461. The zero-order valence-electron chi connectivity index (χ0n) is 18.5. The van der Waals surface area contributed by atoms with Gasteiger partial charge in [0, 0.05) is 0 Å². The Morgan fingerprint density at radius 3 is 2.03 bits per heavy atom. The highest BCUT2D eigenvalue weighted by atomic mass is 19.4. The average Bonchev–Trinajstić information content (AvgIpc) is 2.68. The number of benzene rings is 2. The highest BCUT2D eigenvalue weighted by molar-refractivity contribution is 5.68. The van der Waals surface area contributed by atoms with E-state index in [0.29, 0.717) is 11.6 Å². The first-order valence-electron chi connectivity index (χ1n) is 10.0. The summed E-state index contributed by atoms with van der Waals surface area (Å²) in [5.41, 5.74) is -4.45. The maximum atomic E-state index is 13.5. The summed E-state index contributed by atoms with van der Waals surface area (Å²) in [6, 6.07) is 9.85. The molecular weight excluding hydrogens is 452 g/mol. The van der Waals surface area contributed by atoms with Crippen molar-refractivity contribution in [2.45, 2.75) is 64.4 Å². The molecule has 0 spiro atoms. The Bertz CT molecular complexity index is 936. The van der Waals surface area contributed by atoms with Gasteiger partial charge in [0.15, 0.2) is 0 Å². The molecule has 0 aliphatic rings. The molecule has 2 aromatic rings. The fourth-order valence-corrected chi connectivity index (χ4v) is 3.18. The molecule has 2 aromatic carbocycles. The third kappa shape index (κ3) is 7.66. The summed E-state index contributed by atoms with van der Waals surface area (Å²) in [6.07, 6.45) is -12.1. The lowest BCUT2D eigenvalue weighted by atomic mass is 9.99.